The second-order valence-corrected chi connectivity index (χ2v) is 4.87. The van der Waals surface area contributed by atoms with Crippen LogP contribution in [0.1, 0.15) is 46.2 Å². The van der Waals surface area contributed by atoms with Crippen LogP contribution in [0.3, 0.4) is 0 Å². The molecule has 4 heteroatoms. The van der Waals surface area contributed by atoms with E-state index in [9.17, 15) is 0 Å². The van der Waals surface area contributed by atoms with E-state index in [1.807, 2.05) is 24.7 Å². The summed E-state index contributed by atoms with van der Waals surface area (Å²) in [6, 6.07) is 0. The minimum absolute atomic E-state index is 0.242. The van der Waals surface area contributed by atoms with E-state index in [0.717, 1.165) is 24.6 Å². The minimum atomic E-state index is 0.242. The normalized spacial score (nSPS) is 11.6. The summed E-state index contributed by atoms with van der Waals surface area (Å²) < 4.78 is 7.37. The van der Waals surface area contributed by atoms with Crippen LogP contribution in [0, 0.1) is 5.92 Å². The van der Waals surface area contributed by atoms with Gasteiger partial charge in [0.05, 0.1) is 18.9 Å². The minimum Gasteiger partial charge on any atom is -0.372 e. The van der Waals surface area contributed by atoms with Crippen molar-refractivity contribution in [1.29, 1.82) is 0 Å². The van der Waals surface area contributed by atoms with Crippen molar-refractivity contribution in [3.63, 3.8) is 0 Å². The van der Waals surface area contributed by atoms with Gasteiger partial charge in [-0.1, -0.05) is 19.1 Å². The van der Waals surface area contributed by atoms with Gasteiger partial charge in [-0.15, -0.1) is 5.10 Å². The van der Waals surface area contributed by atoms with Crippen LogP contribution in [-0.4, -0.2) is 21.1 Å². The predicted octanol–water partition coefficient (Wildman–Crippen LogP) is 2.64. The maximum Gasteiger partial charge on any atom is 0.108 e. The van der Waals surface area contributed by atoms with E-state index in [2.05, 4.69) is 24.2 Å². The van der Waals surface area contributed by atoms with E-state index in [0.29, 0.717) is 6.61 Å². The molecule has 0 spiro atoms. The lowest BCUT2D eigenvalue weighted by Crippen LogP contribution is -2.02. The number of aromatic nitrogens is 3. The van der Waals surface area contributed by atoms with Crippen molar-refractivity contribution in [2.45, 2.75) is 59.8 Å². The van der Waals surface area contributed by atoms with Gasteiger partial charge < -0.3 is 4.74 Å². The summed E-state index contributed by atoms with van der Waals surface area (Å²) >= 11 is 0. The Labute approximate surface area is 98.0 Å². The average molecular weight is 225 g/mol. The fourth-order valence-corrected chi connectivity index (χ4v) is 1.43. The summed E-state index contributed by atoms with van der Waals surface area (Å²) in [5.41, 5.74) is 0.915. The zero-order chi connectivity index (χ0) is 12.0. The molecular formula is C12H23N3O. The van der Waals surface area contributed by atoms with Crippen LogP contribution in [0.2, 0.25) is 0 Å². The second kappa shape index (κ2) is 6.63. The molecule has 0 N–H and O–H groups in total. The molecule has 16 heavy (non-hydrogen) atoms. The van der Waals surface area contributed by atoms with Gasteiger partial charge in [0.1, 0.15) is 5.69 Å². The van der Waals surface area contributed by atoms with Crippen LogP contribution in [0.4, 0.5) is 0 Å². The van der Waals surface area contributed by atoms with E-state index in [-0.39, 0.29) is 6.10 Å². The van der Waals surface area contributed by atoms with Crippen LogP contribution in [0.15, 0.2) is 6.20 Å². The smallest absolute Gasteiger partial charge is 0.108 e. The van der Waals surface area contributed by atoms with Gasteiger partial charge in [0.25, 0.3) is 0 Å². The van der Waals surface area contributed by atoms with Crippen LogP contribution >= 0.6 is 0 Å². The van der Waals surface area contributed by atoms with Crippen molar-refractivity contribution in [2.75, 3.05) is 0 Å². The first-order chi connectivity index (χ1) is 7.58. The molecule has 0 aliphatic rings. The largest absolute Gasteiger partial charge is 0.372 e. The lowest BCUT2D eigenvalue weighted by atomic mass is 10.1. The molecule has 0 saturated heterocycles. The molecule has 0 aromatic carbocycles. The summed E-state index contributed by atoms with van der Waals surface area (Å²) in [7, 11) is 0. The Kier molecular flexibility index (Phi) is 5.46. The molecule has 0 aliphatic carbocycles. The molecule has 1 rings (SSSR count). The third-order valence-corrected chi connectivity index (χ3v) is 2.32. The van der Waals surface area contributed by atoms with Crippen molar-refractivity contribution >= 4 is 0 Å². The Balaban J connectivity index is 2.28. The monoisotopic (exact) mass is 225 g/mol. The summed E-state index contributed by atoms with van der Waals surface area (Å²) in [6.07, 6.45) is 4.61. The van der Waals surface area contributed by atoms with Crippen molar-refractivity contribution in [3.8, 4) is 0 Å². The highest BCUT2D eigenvalue weighted by molar-refractivity contribution is 4.89. The Morgan fingerprint density at radius 3 is 2.69 bits per heavy atom. The lowest BCUT2D eigenvalue weighted by molar-refractivity contribution is 0.0635. The SMILES string of the molecule is CC(C)CCCn1cc(COC(C)C)nn1. The number of aryl methyl sites for hydroxylation is 1. The van der Waals surface area contributed by atoms with Gasteiger partial charge in [-0.3, -0.25) is 4.68 Å². The van der Waals surface area contributed by atoms with Gasteiger partial charge in [0.15, 0.2) is 0 Å². The third kappa shape index (κ3) is 5.26. The zero-order valence-corrected chi connectivity index (χ0v) is 10.8. The van der Waals surface area contributed by atoms with Crippen LogP contribution in [0.25, 0.3) is 0 Å². The van der Waals surface area contributed by atoms with Crippen molar-refractivity contribution in [3.05, 3.63) is 11.9 Å². The van der Waals surface area contributed by atoms with E-state index in [1.54, 1.807) is 0 Å². The van der Waals surface area contributed by atoms with Crippen molar-refractivity contribution < 1.29 is 4.74 Å². The molecule has 0 aliphatic heterocycles. The molecule has 0 saturated carbocycles. The molecule has 1 aromatic rings. The van der Waals surface area contributed by atoms with Gasteiger partial charge in [-0.05, 0) is 32.6 Å². The Bertz CT molecular complexity index is 294. The molecule has 92 valence electrons. The fraction of sp³-hybridized carbons (Fsp3) is 0.833. The maximum atomic E-state index is 5.47. The summed E-state index contributed by atoms with van der Waals surface area (Å²) in [4.78, 5) is 0. The lowest BCUT2D eigenvalue weighted by Gasteiger charge is -2.04. The zero-order valence-electron chi connectivity index (χ0n) is 10.8. The van der Waals surface area contributed by atoms with Gasteiger partial charge >= 0.3 is 0 Å². The number of hydrogen-bond acceptors (Lipinski definition) is 3. The standard InChI is InChI=1S/C12H23N3O/c1-10(2)6-5-7-15-8-12(13-14-15)9-16-11(3)4/h8,10-11H,5-7,9H2,1-4H3. The molecule has 0 bridgehead atoms. The molecule has 1 heterocycles. The number of hydrogen-bond donors (Lipinski definition) is 0. The van der Waals surface area contributed by atoms with Crippen molar-refractivity contribution in [1.82, 2.24) is 15.0 Å². The quantitative estimate of drug-likeness (QED) is 0.716. The first-order valence-electron chi connectivity index (χ1n) is 6.08. The van der Waals surface area contributed by atoms with Crippen molar-refractivity contribution in [2.24, 2.45) is 5.92 Å². The van der Waals surface area contributed by atoms with Gasteiger partial charge in [0, 0.05) is 6.54 Å². The number of ether oxygens (including phenoxy) is 1. The Morgan fingerprint density at radius 2 is 2.06 bits per heavy atom. The molecule has 0 atom stereocenters. The van der Waals surface area contributed by atoms with Crippen LogP contribution in [-0.2, 0) is 17.9 Å². The van der Waals surface area contributed by atoms with E-state index in [1.165, 1.54) is 6.42 Å². The number of nitrogens with zero attached hydrogens (tertiary/aromatic N) is 3. The Morgan fingerprint density at radius 1 is 1.31 bits per heavy atom. The first kappa shape index (κ1) is 13.2. The number of rotatable bonds is 7. The van der Waals surface area contributed by atoms with Crippen LogP contribution in [0.5, 0.6) is 0 Å². The molecular weight excluding hydrogens is 202 g/mol. The molecule has 1 aromatic heterocycles. The molecule has 0 fully saturated rings. The van der Waals surface area contributed by atoms with Gasteiger partial charge in [0.2, 0.25) is 0 Å². The predicted molar refractivity (Wildman–Crippen MR) is 64.0 cm³/mol. The second-order valence-electron chi connectivity index (χ2n) is 4.87. The molecule has 0 amide bonds. The Hall–Kier alpha value is -0.900. The van der Waals surface area contributed by atoms with E-state index in [4.69, 9.17) is 4.74 Å². The van der Waals surface area contributed by atoms with E-state index >= 15 is 0 Å². The maximum absolute atomic E-state index is 5.47. The molecule has 4 nitrogen and oxygen atoms in total. The summed E-state index contributed by atoms with van der Waals surface area (Å²) in [5.74, 6) is 0.757. The summed E-state index contributed by atoms with van der Waals surface area (Å²) in [6.45, 7) is 10.0. The highest BCUT2D eigenvalue weighted by Crippen LogP contribution is 2.05. The molecule has 0 unspecified atom stereocenters. The first-order valence-corrected chi connectivity index (χ1v) is 6.08. The van der Waals surface area contributed by atoms with Gasteiger partial charge in [-0.25, -0.2) is 0 Å². The highest BCUT2D eigenvalue weighted by atomic mass is 16.5. The van der Waals surface area contributed by atoms with Crippen LogP contribution < -0.4 is 0 Å². The summed E-state index contributed by atoms with van der Waals surface area (Å²) in [5, 5.41) is 8.15. The highest BCUT2D eigenvalue weighted by Gasteiger charge is 2.02. The van der Waals surface area contributed by atoms with E-state index < -0.39 is 0 Å². The molecule has 0 radical (unpaired) electrons. The third-order valence-electron chi connectivity index (χ3n) is 2.32. The van der Waals surface area contributed by atoms with Gasteiger partial charge in [-0.2, -0.15) is 0 Å². The average Bonchev–Trinajstić information content (AvgIpc) is 2.62. The fourth-order valence-electron chi connectivity index (χ4n) is 1.43. The topological polar surface area (TPSA) is 39.9 Å².